The normalized spacial score (nSPS) is 11.1. The summed E-state index contributed by atoms with van der Waals surface area (Å²) in [6.45, 7) is 0.882. The van der Waals surface area contributed by atoms with Crippen molar-refractivity contribution in [1.82, 2.24) is 18.7 Å². The molecule has 0 bridgehead atoms. The van der Waals surface area contributed by atoms with Crippen LogP contribution in [-0.2, 0) is 20.6 Å². The van der Waals surface area contributed by atoms with Crippen LogP contribution in [0.2, 0.25) is 5.28 Å². The molecule has 0 unspecified atom stereocenters. The maximum absolute atomic E-state index is 12.4. The monoisotopic (exact) mass is 378 g/mol. The van der Waals surface area contributed by atoms with E-state index in [9.17, 15) is 9.59 Å². The first-order chi connectivity index (χ1) is 12.4. The molecular formula is C17H19ClN4O4. The summed E-state index contributed by atoms with van der Waals surface area (Å²) in [6.07, 6.45) is 0.614. The van der Waals surface area contributed by atoms with Gasteiger partial charge in [-0.05, 0) is 42.3 Å². The summed E-state index contributed by atoms with van der Waals surface area (Å²) in [5, 5.41) is 0.169. The second-order valence-electron chi connectivity index (χ2n) is 5.79. The number of rotatable bonds is 6. The van der Waals surface area contributed by atoms with E-state index in [0.717, 1.165) is 16.1 Å². The van der Waals surface area contributed by atoms with E-state index in [-0.39, 0.29) is 10.9 Å². The zero-order chi connectivity index (χ0) is 18.8. The van der Waals surface area contributed by atoms with Crippen molar-refractivity contribution in [1.29, 1.82) is 0 Å². The van der Waals surface area contributed by atoms with Gasteiger partial charge in [-0.3, -0.25) is 13.9 Å². The van der Waals surface area contributed by atoms with Crippen LogP contribution in [0.5, 0.6) is 11.5 Å². The quantitative estimate of drug-likeness (QED) is 0.480. The van der Waals surface area contributed by atoms with Crippen LogP contribution in [0.15, 0.2) is 33.9 Å². The minimum Gasteiger partial charge on any atom is -0.497 e. The molecule has 0 saturated heterocycles. The van der Waals surface area contributed by atoms with Gasteiger partial charge >= 0.3 is 5.69 Å². The number of halogens is 1. The number of fused-ring (bicyclic) bond motifs is 1. The van der Waals surface area contributed by atoms with Crippen molar-refractivity contribution in [3.8, 4) is 11.5 Å². The summed E-state index contributed by atoms with van der Waals surface area (Å²) in [4.78, 5) is 28.6. The predicted octanol–water partition coefficient (Wildman–Crippen LogP) is 1.56. The smallest absolute Gasteiger partial charge is 0.332 e. The Morgan fingerprint density at radius 2 is 1.73 bits per heavy atom. The van der Waals surface area contributed by atoms with Crippen molar-refractivity contribution in [2.75, 3.05) is 13.7 Å². The Labute approximate surface area is 154 Å². The number of nitrogens with zero attached hydrogens (tertiary/aromatic N) is 4. The molecule has 0 N–H and O–H groups in total. The molecule has 1 aromatic carbocycles. The fraction of sp³-hybridized carbons (Fsp3) is 0.353. The van der Waals surface area contributed by atoms with E-state index in [1.54, 1.807) is 18.7 Å². The number of aryl methyl sites for hydroxylation is 2. The molecule has 138 valence electrons. The number of hydrogen-bond acceptors (Lipinski definition) is 5. The molecule has 26 heavy (non-hydrogen) atoms. The number of benzene rings is 1. The van der Waals surface area contributed by atoms with Gasteiger partial charge in [0.25, 0.3) is 5.56 Å². The molecule has 8 nitrogen and oxygen atoms in total. The van der Waals surface area contributed by atoms with E-state index in [2.05, 4.69) is 4.98 Å². The number of aromatic nitrogens is 4. The van der Waals surface area contributed by atoms with Gasteiger partial charge in [-0.2, -0.15) is 4.98 Å². The lowest BCUT2D eigenvalue weighted by molar-refractivity contribution is 0.302. The fourth-order valence-electron chi connectivity index (χ4n) is 2.71. The highest BCUT2D eigenvalue weighted by Crippen LogP contribution is 2.18. The maximum Gasteiger partial charge on any atom is 0.332 e. The molecular weight excluding hydrogens is 360 g/mol. The molecule has 9 heteroatoms. The second-order valence-corrected chi connectivity index (χ2v) is 6.13. The molecule has 0 amide bonds. The van der Waals surface area contributed by atoms with Crippen molar-refractivity contribution in [3.63, 3.8) is 0 Å². The fourth-order valence-corrected chi connectivity index (χ4v) is 2.96. The minimum atomic E-state index is -0.438. The first kappa shape index (κ1) is 18.1. The molecule has 0 aliphatic heterocycles. The third-order valence-electron chi connectivity index (χ3n) is 4.16. The van der Waals surface area contributed by atoms with Crippen LogP contribution in [0.1, 0.15) is 6.42 Å². The average Bonchev–Trinajstić information content (AvgIpc) is 2.99. The van der Waals surface area contributed by atoms with Gasteiger partial charge in [-0.1, -0.05) is 0 Å². The number of imidazole rings is 1. The Morgan fingerprint density at radius 3 is 2.38 bits per heavy atom. The van der Waals surface area contributed by atoms with E-state index in [1.807, 2.05) is 24.3 Å². The summed E-state index contributed by atoms with van der Waals surface area (Å²) in [7, 11) is 4.60. The summed E-state index contributed by atoms with van der Waals surface area (Å²) in [5.74, 6) is 1.49. The van der Waals surface area contributed by atoms with Gasteiger partial charge in [0.1, 0.15) is 11.5 Å². The molecule has 0 fully saturated rings. The summed E-state index contributed by atoms with van der Waals surface area (Å²) < 4.78 is 14.7. The van der Waals surface area contributed by atoms with Gasteiger partial charge in [0, 0.05) is 20.6 Å². The Morgan fingerprint density at radius 1 is 1.08 bits per heavy atom. The molecule has 2 heterocycles. The molecule has 0 radical (unpaired) electrons. The molecule has 0 atom stereocenters. The van der Waals surface area contributed by atoms with Crippen LogP contribution in [0.25, 0.3) is 11.2 Å². The van der Waals surface area contributed by atoms with Gasteiger partial charge in [-0.15, -0.1) is 0 Å². The van der Waals surface area contributed by atoms with Gasteiger partial charge in [0.2, 0.25) is 5.28 Å². The molecule has 3 aromatic rings. The molecule has 0 aliphatic rings. The zero-order valence-corrected chi connectivity index (χ0v) is 15.5. The maximum atomic E-state index is 12.4. The SMILES string of the molecule is COc1ccc(OCCCn2c(Cl)nc3c2c(=O)n(C)c(=O)n3C)cc1. The van der Waals surface area contributed by atoms with Crippen molar-refractivity contribution in [3.05, 3.63) is 50.4 Å². The lowest BCUT2D eigenvalue weighted by atomic mass is 10.3. The Kier molecular flexibility index (Phi) is 5.03. The van der Waals surface area contributed by atoms with E-state index in [4.69, 9.17) is 21.1 Å². The van der Waals surface area contributed by atoms with Gasteiger partial charge in [0.15, 0.2) is 11.2 Å². The van der Waals surface area contributed by atoms with E-state index >= 15 is 0 Å². The van der Waals surface area contributed by atoms with E-state index in [0.29, 0.717) is 25.1 Å². The highest BCUT2D eigenvalue weighted by atomic mass is 35.5. The topological polar surface area (TPSA) is 80.3 Å². The lowest BCUT2D eigenvalue weighted by Gasteiger charge is -2.09. The Hall–Kier alpha value is -2.74. The van der Waals surface area contributed by atoms with Crippen molar-refractivity contribution in [2.45, 2.75) is 13.0 Å². The minimum absolute atomic E-state index is 0.169. The molecule has 0 aliphatic carbocycles. The number of methoxy groups -OCH3 is 1. The molecule has 0 spiro atoms. The summed E-state index contributed by atoms with van der Waals surface area (Å²) in [6, 6.07) is 7.29. The largest absolute Gasteiger partial charge is 0.497 e. The molecule has 0 saturated carbocycles. The van der Waals surface area contributed by atoms with Crippen LogP contribution in [-0.4, -0.2) is 32.4 Å². The zero-order valence-electron chi connectivity index (χ0n) is 14.7. The van der Waals surface area contributed by atoms with E-state index < -0.39 is 11.2 Å². The molecule has 3 rings (SSSR count). The first-order valence-corrected chi connectivity index (χ1v) is 8.40. The predicted molar refractivity (Wildman–Crippen MR) is 98.3 cm³/mol. The van der Waals surface area contributed by atoms with Crippen molar-refractivity contribution < 1.29 is 9.47 Å². The summed E-state index contributed by atoms with van der Waals surface area (Å²) >= 11 is 6.18. The van der Waals surface area contributed by atoms with E-state index in [1.165, 1.54) is 11.6 Å². The first-order valence-electron chi connectivity index (χ1n) is 8.02. The van der Waals surface area contributed by atoms with Crippen LogP contribution in [0, 0.1) is 0 Å². The van der Waals surface area contributed by atoms with Gasteiger partial charge in [-0.25, -0.2) is 4.79 Å². The van der Waals surface area contributed by atoms with Gasteiger partial charge in [0.05, 0.1) is 13.7 Å². The van der Waals surface area contributed by atoms with Crippen LogP contribution in [0.4, 0.5) is 0 Å². The Bertz CT molecular complexity index is 1050. The third kappa shape index (κ3) is 3.20. The Balaban J connectivity index is 1.76. The van der Waals surface area contributed by atoms with Crippen LogP contribution >= 0.6 is 11.6 Å². The van der Waals surface area contributed by atoms with Crippen molar-refractivity contribution >= 4 is 22.8 Å². The van der Waals surface area contributed by atoms with Gasteiger partial charge < -0.3 is 14.0 Å². The summed E-state index contributed by atoms with van der Waals surface area (Å²) in [5.41, 5.74) is -0.270. The average molecular weight is 379 g/mol. The molecule has 2 aromatic heterocycles. The number of ether oxygens (including phenoxy) is 2. The third-order valence-corrected chi connectivity index (χ3v) is 4.44. The van der Waals surface area contributed by atoms with Crippen molar-refractivity contribution in [2.24, 2.45) is 14.1 Å². The highest BCUT2D eigenvalue weighted by Gasteiger charge is 2.17. The number of hydrogen-bond donors (Lipinski definition) is 0. The lowest BCUT2D eigenvalue weighted by Crippen LogP contribution is -2.37. The second kappa shape index (κ2) is 7.25. The van der Waals surface area contributed by atoms with Crippen LogP contribution in [0.3, 0.4) is 0 Å². The van der Waals surface area contributed by atoms with Crippen LogP contribution < -0.4 is 20.7 Å². The highest BCUT2D eigenvalue weighted by molar-refractivity contribution is 6.29. The standard InChI is InChI=1S/C17H19ClN4O4/c1-20-14-13(15(23)21(2)17(20)24)22(16(18)19-14)9-4-10-26-12-7-5-11(25-3)6-8-12/h5-8H,4,9-10H2,1-3H3.